The minimum Gasteiger partial charge on any atom is -0.465 e. The van der Waals surface area contributed by atoms with Crippen LogP contribution in [0.3, 0.4) is 0 Å². The van der Waals surface area contributed by atoms with Crippen LogP contribution in [-0.4, -0.2) is 41.4 Å². The van der Waals surface area contributed by atoms with Crippen molar-refractivity contribution >= 4 is 6.09 Å². The fourth-order valence-electron chi connectivity index (χ4n) is 2.12. The molecule has 0 aromatic rings. The molecule has 0 aliphatic carbocycles. The fraction of sp³-hybridized carbons (Fsp3) is 0.667. The molecule has 0 aromatic carbocycles. The van der Waals surface area contributed by atoms with Crippen molar-refractivity contribution in [1.29, 1.82) is 0 Å². The number of rotatable bonds is 6. The van der Waals surface area contributed by atoms with Crippen molar-refractivity contribution in [2.45, 2.75) is 45.8 Å². The average molecular weight is 267 g/mol. The molecule has 1 aliphatic rings. The molecule has 1 fully saturated rings. The second kappa shape index (κ2) is 7.34. The first kappa shape index (κ1) is 15.8. The van der Waals surface area contributed by atoms with Gasteiger partial charge in [-0.1, -0.05) is 38.2 Å². The van der Waals surface area contributed by atoms with E-state index in [0.717, 1.165) is 18.4 Å². The Balaban J connectivity index is 2.55. The quantitative estimate of drug-likeness (QED) is 0.751. The molecule has 1 rings (SSSR count). The van der Waals surface area contributed by atoms with Gasteiger partial charge in [0.25, 0.3) is 0 Å². The molecule has 1 amide bonds. The Labute approximate surface area is 115 Å². The van der Waals surface area contributed by atoms with Crippen molar-refractivity contribution in [3.05, 3.63) is 24.3 Å². The molecule has 4 nitrogen and oxygen atoms in total. The van der Waals surface area contributed by atoms with E-state index < -0.39 is 6.09 Å². The Hall–Kier alpha value is -1.29. The third-order valence-electron chi connectivity index (χ3n) is 3.08. The smallest absolute Gasteiger partial charge is 0.407 e. The summed E-state index contributed by atoms with van der Waals surface area (Å²) in [6.07, 6.45) is 4.88. The van der Waals surface area contributed by atoms with E-state index >= 15 is 0 Å². The number of hydrogen-bond acceptors (Lipinski definition) is 2. The molecule has 19 heavy (non-hydrogen) atoms. The molecule has 1 heterocycles. The van der Waals surface area contributed by atoms with Gasteiger partial charge in [-0.15, -0.1) is 0 Å². The van der Waals surface area contributed by atoms with Crippen LogP contribution in [0.15, 0.2) is 24.3 Å². The van der Waals surface area contributed by atoms with Gasteiger partial charge in [0.05, 0.1) is 25.3 Å². The minimum atomic E-state index is -0.874. The van der Waals surface area contributed by atoms with Crippen molar-refractivity contribution < 1.29 is 14.6 Å². The maximum absolute atomic E-state index is 11.2. The molecule has 0 bridgehead atoms. The number of likely N-dealkylation sites (tertiary alicyclic amines) is 1. The van der Waals surface area contributed by atoms with Gasteiger partial charge >= 0.3 is 6.09 Å². The molecule has 1 N–H and O–H groups in total. The molecule has 0 radical (unpaired) electrons. The van der Waals surface area contributed by atoms with Gasteiger partial charge in [-0.05, 0) is 25.7 Å². The predicted molar refractivity (Wildman–Crippen MR) is 76.3 cm³/mol. The topological polar surface area (TPSA) is 49.8 Å². The van der Waals surface area contributed by atoms with Crippen LogP contribution in [0.1, 0.15) is 33.6 Å². The summed E-state index contributed by atoms with van der Waals surface area (Å²) < 4.78 is 5.66. The number of carbonyl (C=O) groups is 1. The number of hydrogen-bond donors (Lipinski definition) is 1. The third-order valence-corrected chi connectivity index (χ3v) is 3.08. The van der Waals surface area contributed by atoms with E-state index in [4.69, 9.17) is 4.74 Å². The van der Waals surface area contributed by atoms with Crippen LogP contribution >= 0.6 is 0 Å². The first-order valence-corrected chi connectivity index (χ1v) is 6.82. The van der Waals surface area contributed by atoms with Crippen molar-refractivity contribution in [3.63, 3.8) is 0 Å². The van der Waals surface area contributed by atoms with E-state index in [1.54, 1.807) is 0 Å². The van der Waals surface area contributed by atoms with E-state index in [9.17, 15) is 9.90 Å². The molecule has 0 saturated carbocycles. The highest BCUT2D eigenvalue weighted by molar-refractivity contribution is 5.66. The average Bonchev–Trinajstić information content (AvgIpc) is 2.69. The van der Waals surface area contributed by atoms with Gasteiger partial charge in [0.15, 0.2) is 0 Å². The summed E-state index contributed by atoms with van der Waals surface area (Å²) in [6, 6.07) is -0.0635. The normalized spacial score (nSPS) is 23.5. The van der Waals surface area contributed by atoms with Crippen LogP contribution in [0.25, 0.3) is 0 Å². The van der Waals surface area contributed by atoms with E-state index in [2.05, 4.69) is 26.5 Å². The lowest BCUT2D eigenvalue weighted by molar-refractivity contribution is 0.0744. The molecule has 0 spiro atoms. The Bertz CT molecular complexity index is 349. The minimum absolute atomic E-state index is 0.0264. The summed E-state index contributed by atoms with van der Waals surface area (Å²) in [7, 11) is 0. The number of nitrogens with zero attached hydrogens (tertiary/aromatic N) is 1. The molecular formula is C15H25NO3. The van der Waals surface area contributed by atoms with E-state index in [0.29, 0.717) is 19.1 Å². The van der Waals surface area contributed by atoms with Crippen molar-refractivity contribution in [2.24, 2.45) is 5.92 Å². The zero-order chi connectivity index (χ0) is 14.4. The predicted octanol–water partition coefficient (Wildman–Crippen LogP) is 3.30. The summed E-state index contributed by atoms with van der Waals surface area (Å²) >= 11 is 0. The van der Waals surface area contributed by atoms with E-state index in [-0.39, 0.29) is 12.1 Å². The first-order chi connectivity index (χ1) is 8.90. The molecule has 2 atom stereocenters. The monoisotopic (exact) mass is 267 g/mol. The Morgan fingerprint density at radius 1 is 1.58 bits per heavy atom. The maximum Gasteiger partial charge on any atom is 0.407 e. The van der Waals surface area contributed by atoms with Crippen molar-refractivity contribution in [1.82, 2.24) is 4.90 Å². The van der Waals surface area contributed by atoms with Crippen LogP contribution in [0, 0.1) is 5.92 Å². The maximum atomic E-state index is 11.2. The second-order valence-electron chi connectivity index (χ2n) is 5.69. The summed E-state index contributed by atoms with van der Waals surface area (Å²) in [6.45, 7) is 10.9. The summed E-state index contributed by atoms with van der Waals surface area (Å²) in [5, 5.41) is 9.21. The fourth-order valence-corrected chi connectivity index (χ4v) is 2.12. The van der Waals surface area contributed by atoms with Gasteiger partial charge < -0.3 is 9.84 Å². The van der Waals surface area contributed by atoms with Crippen molar-refractivity contribution in [2.75, 3.05) is 13.2 Å². The van der Waals surface area contributed by atoms with Gasteiger partial charge in [0.2, 0.25) is 0 Å². The summed E-state index contributed by atoms with van der Waals surface area (Å²) in [4.78, 5) is 12.7. The van der Waals surface area contributed by atoms with Gasteiger partial charge in [-0.3, -0.25) is 4.90 Å². The first-order valence-electron chi connectivity index (χ1n) is 6.82. The number of carboxylic acid groups (broad SMARTS) is 1. The lowest BCUT2D eigenvalue weighted by Gasteiger charge is -2.17. The van der Waals surface area contributed by atoms with Crippen LogP contribution in [0.2, 0.25) is 0 Å². The molecule has 0 aromatic heterocycles. The molecule has 1 aliphatic heterocycles. The number of ether oxygens (including phenoxy) is 1. The standard InChI is InChI=1S/C15H25NO3/c1-11(2)6-5-7-13-8-14(19-10-12(3)4)9-16(13)15(17)18/h5,7,11,13-14H,3,6,8-10H2,1-2,4H3,(H,17,18)/t13-,14-/m1/s1. The molecule has 108 valence electrons. The van der Waals surface area contributed by atoms with Crippen LogP contribution in [-0.2, 0) is 4.74 Å². The van der Waals surface area contributed by atoms with Gasteiger partial charge in [-0.25, -0.2) is 4.79 Å². The van der Waals surface area contributed by atoms with Crippen LogP contribution in [0.4, 0.5) is 4.79 Å². The zero-order valence-electron chi connectivity index (χ0n) is 12.1. The Morgan fingerprint density at radius 3 is 2.79 bits per heavy atom. The zero-order valence-corrected chi connectivity index (χ0v) is 12.1. The van der Waals surface area contributed by atoms with Gasteiger partial charge in [0.1, 0.15) is 0 Å². The SMILES string of the molecule is C=C(C)CO[C@@H]1C[C@@H](C=CCC(C)C)N(C(=O)O)C1. The molecule has 0 unspecified atom stereocenters. The number of amides is 1. The third kappa shape index (κ3) is 5.47. The summed E-state index contributed by atoms with van der Waals surface area (Å²) in [5.74, 6) is 0.589. The van der Waals surface area contributed by atoms with Gasteiger partial charge in [0, 0.05) is 0 Å². The molecule has 1 saturated heterocycles. The highest BCUT2D eigenvalue weighted by atomic mass is 16.5. The Kier molecular flexibility index (Phi) is 6.09. The molecule has 4 heteroatoms. The highest BCUT2D eigenvalue weighted by Gasteiger charge is 2.34. The second-order valence-corrected chi connectivity index (χ2v) is 5.69. The lowest BCUT2D eigenvalue weighted by Crippen LogP contribution is -2.33. The Morgan fingerprint density at radius 2 is 2.26 bits per heavy atom. The van der Waals surface area contributed by atoms with E-state index in [1.807, 2.05) is 13.0 Å². The largest absolute Gasteiger partial charge is 0.465 e. The van der Waals surface area contributed by atoms with E-state index in [1.165, 1.54) is 4.90 Å². The lowest BCUT2D eigenvalue weighted by atomic mass is 10.1. The number of allylic oxidation sites excluding steroid dienone is 1. The molecular weight excluding hydrogens is 242 g/mol. The highest BCUT2D eigenvalue weighted by Crippen LogP contribution is 2.22. The van der Waals surface area contributed by atoms with Crippen molar-refractivity contribution in [3.8, 4) is 0 Å². The summed E-state index contributed by atoms with van der Waals surface area (Å²) in [5.41, 5.74) is 0.959. The van der Waals surface area contributed by atoms with Crippen LogP contribution < -0.4 is 0 Å². The van der Waals surface area contributed by atoms with Crippen LogP contribution in [0.5, 0.6) is 0 Å². The van der Waals surface area contributed by atoms with Gasteiger partial charge in [-0.2, -0.15) is 0 Å².